The van der Waals surface area contributed by atoms with Crippen molar-refractivity contribution < 1.29 is 14.2 Å². The second-order valence-corrected chi connectivity index (χ2v) is 4.14. The lowest BCUT2D eigenvalue weighted by molar-refractivity contribution is 0.214. The van der Waals surface area contributed by atoms with Crippen LogP contribution in [0.25, 0.3) is 0 Å². The van der Waals surface area contributed by atoms with Gasteiger partial charge in [0.05, 0.1) is 7.11 Å². The van der Waals surface area contributed by atoms with E-state index in [1.807, 2.05) is 0 Å². The minimum atomic E-state index is -1.08. The summed E-state index contributed by atoms with van der Waals surface area (Å²) >= 11 is 5.66. The van der Waals surface area contributed by atoms with Crippen LogP contribution in [0.2, 0.25) is 5.02 Å². The molecule has 0 radical (unpaired) electrons. The molecule has 0 bridgehead atoms. The molecule has 2 rings (SSSR count). The van der Waals surface area contributed by atoms with Crippen LogP contribution in [-0.4, -0.2) is 17.2 Å². The largest absolute Gasteiger partial charge is 0.481 e. The minimum Gasteiger partial charge on any atom is -0.481 e. The van der Waals surface area contributed by atoms with Crippen LogP contribution in [0.5, 0.6) is 5.88 Å². The van der Waals surface area contributed by atoms with Gasteiger partial charge in [0.1, 0.15) is 11.9 Å². The van der Waals surface area contributed by atoms with Gasteiger partial charge in [-0.2, -0.15) is 0 Å². The van der Waals surface area contributed by atoms with Crippen LogP contribution in [0.3, 0.4) is 0 Å². The third-order valence-corrected chi connectivity index (χ3v) is 2.78. The van der Waals surface area contributed by atoms with Gasteiger partial charge in [0.2, 0.25) is 5.88 Å². The van der Waals surface area contributed by atoms with Gasteiger partial charge in [-0.15, -0.1) is 0 Å². The highest BCUT2D eigenvalue weighted by atomic mass is 35.5. The molecule has 1 aromatic carbocycles. The first kappa shape index (κ1) is 12.8. The highest BCUT2D eigenvalue weighted by Gasteiger charge is 2.15. The lowest BCUT2D eigenvalue weighted by Crippen LogP contribution is -2.03. The second-order valence-electron chi connectivity index (χ2n) is 3.70. The summed E-state index contributed by atoms with van der Waals surface area (Å²) in [6.45, 7) is 0. The molecular formula is C13H11ClFNO2. The summed E-state index contributed by atoms with van der Waals surface area (Å²) in [4.78, 5) is 3.96. The van der Waals surface area contributed by atoms with Gasteiger partial charge in [0, 0.05) is 28.4 Å². The summed E-state index contributed by atoms with van der Waals surface area (Å²) in [5.41, 5.74) is 0.642. The number of hydrogen-bond acceptors (Lipinski definition) is 3. The molecule has 0 amide bonds. The summed E-state index contributed by atoms with van der Waals surface area (Å²) in [5.74, 6) is -0.117. The fourth-order valence-corrected chi connectivity index (χ4v) is 1.74. The molecule has 1 N–H and O–H groups in total. The molecule has 0 saturated carbocycles. The fourth-order valence-electron chi connectivity index (χ4n) is 1.58. The van der Waals surface area contributed by atoms with Crippen molar-refractivity contribution in [3.05, 3.63) is 58.5 Å². The minimum absolute atomic E-state index is 0.159. The quantitative estimate of drug-likeness (QED) is 0.930. The molecule has 0 aliphatic carbocycles. The van der Waals surface area contributed by atoms with Gasteiger partial charge >= 0.3 is 0 Å². The molecule has 1 atom stereocenters. The predicted molar refractivity (Wildman–Crippen MR) is 66.3 cm³/mol. The van der Waals surface area contributed by atoms with Crippen LogP contribution in [0, 0.1) is 5.82 Å². The molecule has 0 spiro atoms. The molecule has 0 aliphatic heterocycles. The van der Waals surface area contributed by atoms with Crippen molar-refractivity contribution in [2.45, 2.75) is 6.10 Å². The molecule has 1 aromatic heterocycles. The number of nitrogens with zero attached hydrogens (tertiary/aromatic N) is 1. The van der Waals surface area contributed by atoms with Crippen molar-refractivity contribution in [2.24, 2.45) is 0 Å². The third-order valence-electron chi connectivity index (χ3n) is 2.54. The number of ether oxygens (including phenoxy) is 1. The van der Waals surface area contributed by atoms with Gasteiger partial charge in [-0.3, -0.25) is 0 Å². The smallest absolute Gasteiger partial charge is 0.212 e. The monoisotopic (exact) mass is 267 g/mol. The molecule has 18 heavy (non-hydrogen) atoms. The number of benzene rings is 1. The van der Waals surface area contributed by atoms with E-state index >= 15 is 0 Å². The molecule has 1 heterocycles. The average molecular weight is 268 g/mol. The summed E-state index contributed by atoms with van der Waals surface area (Å²) < 4.78 is 18.6. The van der Waals surface area contributed by atoms with Gasteiger partial charge in [0.25, 0.3) is 0 Å². The highest BCUT2D eigenvalue weighted by molar-refractivity contribution is 6.30. The number of hydrogen-bond donors (Lipinski definition) is 1. The van der Waals surface area contributed by atoms with E-state index in [0.717, 1.165) is 6.07 Å². The highest BCUT2D eigenvalue weighted by Crippen LogP contribution is 2.26. The van der Waals surface area contributed by atoms with E-state index in [4.69, 9.17) is 16.3 Å². The van der Waals surface area contributed by atoms with E-state index in [2.05, 4.69) is 4.98 Å². The Morgan fingerprint density at radius 3 is 2.67 bits per heavy atom. The molecule has 0 aliphatic rings. The van der Waals surface area contributed by atoms with Crippen LogP contribution < -0.4 is 4.74 Å². The summed E-state index contributed by atoms with van der Waals surface area (Å²) in [6.07, 6.45) is 0.359. The van der Waals surface area contributed by atoms with Gasteiger partial charge in [-0.25, -0.2) is 9.37 Å². The number of methoxy groups -OCH3 is 1. The second kappa shape index (κ2) is 5.33. The molecule has 2 aromatic rings. The Morgan fingerprint density at radius 2 is 2.11 bits per heavy atom. The van der Waals surface area contributed by atoms with Crippen LogP contribution >= 0.6 is 11.6 Å². The van der Waals surface area contributed by atoms with Gasteiger partial charge in [-0.1, -0.05) is 17.7 Å². The van der Waals surface area contributed by atoms with E-state index in [9.17, 15) is 9.50 Å². The molecular weight excluding hydrogens is 257 g/mol. The Kier molecular flexibility index (Phi) is 3.79. The predicted octanol–water partition coefficient (Wildman–Crippen LogP) is 2.96. The van der Waals surface area contributed by atoms with Gasteiger partial charge in [0.15, 0.2) is 0 Å². The zero-order valence-electron chi connectivity index (χ0n) is 9.60. The fraction of sp³-hybridized carbons (Fsp3) is 0.154. The number of aromatic nitrogens is 1. The van der Waals surface area contributed by atoms with E-state index in [0.29, 0.717) is 11.4 Å². The van der Waals surface area contributed by atoms with Crippen LogP contribution in [0.4, 0.5) is 4.39 Å². The Balaban J connectivity index is 2.31. The van der Waals surface area contributed by atoms with Crippen molar-refractivity contribution in [1.29, 1.82) is 0 Å². The zero-order valence-corrected chi connectivity index (χ0v) is 10.4. The van der Waals surface area contributed by atoms with Crippen molar-refractivity contribution in [3.63, 3.8) is 0 Å². The van der Waals surface area contributed by atoms with Crippen molar-refractivity contribution in [1.82, 2.24) is 4.98 Å². The van der Waals surface area contributed by atoms with Crippen LogP contribution in [0.1, 0.15) is 17.2 Å². The van der Waals surface area contributed by atoms with Gasteiger partial charge < -0.3 is 9.84 Å². The van der Waals surface area contributed by atoms with E-state index in [1.54, 1.807) is 12.1 Å². The maximum absolute atomic E-state index is 13.6. The molecule has 3 nitrogen and oxygen atoms in total. The maximum Gasteiger partial charge on any atom is 0.212 e. The number of pyridine rings is 1. The Labute approximate surface area is 109 Å². The average Bonchev–Trinajstić information content (AvgIpc) is 2.38. The Morgan fingerprint density at radius 1 is 1.33 bits per heavy atom. The summed E-state index contributed by atoms with van der Waals surface area (Å²) in [5, 5.41) is 10.4. The first-order valence-electron chi connectivity index (χ1n) is 5.25. The van der Waals surface area contributed by atoms with E-state index < -0.39 is 11.9 Å². The van der Waals surface area contributed by atoms with E-state index in [-0.39, 0.29) is 10.6 Å². The Bertz CT molecular complexity index is 545. The topological polar surface area (TPSA) is 42.4 Å². The number of rotatable bonds is 3. The number of aliphatic hydroxyl groups is 1. The van der Waals surface area contributed by atoms with Gasteiger partial charge in [-0.05, 0) is 18.2 Å². The summed E-state index contributed by atoms with van der Waals surface area (Å²) in [7, 11) is 1.50. The SMILES string of the molecule is COc1ccc(C(O)c2ccc(Cl)cc2F)cn1. The lowest BCUT2D eigenvalue weighted by Gasteiger charge is -2.12. The van der Waals surface area contributed by atoms with Crippen LogP contribution in [-0.2, 0) is 0 Å². The Hall–Kier alpha value is -1.65. The normalized spacial score (nSPS) is 12.2. The third kappa shape index (κ3) is 2.60. The molecule has 0 fully saturated rings. The summed E-state index contributed by atoms with van der Waals surface area (Å²) in [6, 6.07) is 7.38. The molecule has 1 unspecified atom stereocenters. The van der Waals surface area contributed by atoms with Crippen LogP contribution in [0.15, 0.2) is 36.5 Å². The first-order valence-corrected chi connectivity index (χ1v) is 5.62. The van der Waals surface area contributed by atoms with E-state index in [1.165, 1.54) is 25.4 Å². The molecule has 0 saturated heterocycles. The zero-order chi connectivity index (χ0) is 13.1. The molecule has 94 valence electrons. The first-order chi connectivity index (χ1) is 8.61. The standard InChI is InChI=1S/C13H11ClFNO2/c1-18-12-5-2-8(7-16-12)13(17)10-4-3-9(14)6-11(10)15/h2-7,13,17H,1H3. The molecule has 5 heteroatoms. The van der Waals surface area contributed by atoms with Crippen molar-refractivity contribution >= 4 is 11.6 Å². The lowest BCUT2D eigenvalue weighted by atomic mass is 10.0. The van der Waals surface area contributed by atoms with Crippen molar-refractivity contribution in [2.75, 3.05) is 7.11 Å². The number of aliphatic hydroxyl groups excluding tert-OH is 1. The maximum atomic E-state index is 13.6. The number of halogens is 2. The van der Waals surface area contributed by atoms with Crippen molar-refractivity contribution in [3.8, 4) is 5.88 Å².